The van der Waals surface area contributed by atoms with Gasteiger partial charge in [-0.2, -0.15) is 10.4 Å². The van der Waals surface area contributed by atoms with E-state index in [0.29, 0.717) is 31.5 Å². The van der Waals surface area contributed by atoms with Gasteiger partial charge in [0.2, 0.25) is 11.8 Å². The molecule has 0 aliphatic heterocycles. The number of rotatable bonds is 8. The van der Waals surface area contributed by atoms with Crippen molar-refractivity contribution in [1.82, 2.24) is 14.7 Å². The summed E-state index contributed by atoms with van der Waals surface area (Å²) in [5, 5.41) is 16.0. The fourth-order valence-corrected chi connectivity index (χ4v) is 3.03. The van der Waals surface area contributed by atoms with Crippen LogP contribution in [0.25, 0.3) is 0 Å². The number of nitrogens with one attached hydrogen (secondary N) is 1. The van der Waals surface area contributed by atoms with Gasteiger partial charge >= 0.3 is 0 Å². The summed E-state index contributed by atoms with van der Waals surface area (Å²) in [6.07, 6.45) is 1.27. The van der Waals surface area contributed by atoms with Gasteiger partial charge in [-0.15, -0.1) is 0 Å². The van der Waals surface area contributed by atoms with E-state index in [1.165, 1.54) is 4.90 Å². The van der Waals surface area contributed by atoms with Crippen LogP contribution < -0.4 is 5.32 Å². The molecule has 7 nitrogen and oxygen atoms in total. The van der Waals surface area contributed by atoms with Crippen LogP contribution in [0.5, 0.6) is 0 Å². The molecule has 1 aromatic carbocycles. The zero-order valence-electron chi connectivity index (χ0n) is 17.0. The highest BCUT2D eigenvalue weighted by Crippen LogP contribution is 2.16. The van der Waals surface area contributed by atoms with Gasteiger partial charge in [-0.05, 0) is 44.9 Å². The molecule has 0 bridgehead atoms. The number of hydrogen-bond acceptors (Lipinski definition) is 4. The number of carbonyl (C=O) groups is 2. The Labute approximate surface area is 166 Å². The molecule has 0 spiro atoms. The van der Waals surface area contributed by atoms with Gasteiger partial charge in [0.15, 0.2) is 0 Å². The molecule has 0 radical (unpaired) electrons. The Morgan fingerprint density at radius 3 is 2.54 bits per heavy atom. The first-order valence-electron chi connectivity index (χ1n) is 9.32. The molecule has 7 heteroatoms. The van der Waals surface area contributed by atoms with Crippen molar-refractivity contribution in [3.05, 3.63) is 46.8 Å². The third kappa shape index (κ3) is 5.68. The molecule has 2 amide bonds. The Balaban J connectivity index is 1.87. The lowest BCUT2D eigenvalue weighted by Gasteiger charge is -2.17. The molecule has 0 aliphatic carbocycles. The van der Waals surface area contributed by atoms with Crippen LogP contribution in [0.15, 0.2) is 24.3 Å². The van der Waals surface area contributed by atoms with E-state index in [1.807, 2.05) is 49.7 Å². The predicted molar refractivity (Wildman–Crippen MR) is 108 cm³/mol. The topological polar surface area (TPSA) is 91.0 Å². The lowest BCUT2D eigenvalue weighted by Crippen LogP contribution is -2.35. The van der Waals surface area contributed by atoms with Gasteiger partial charge in [0, 0.05) is 24.8 Å². The van der Waals surface area contributed by atoms with Crippen molar-refractivity contribution in [3.63, 3.8) is 0 Å². The minimum Gasteiger partial charge on any atom is -0.336 e. The lowest BCUT2D eigenvalue weighted by atomic mass is 10.1. The van der Waals surface area contributed by atoms with Crippen LogP contribution in [0.1, 0.15) is 35.4 Å². The highest BCUT2D eigenvalue weighted by atomic mass is 16.2. The number of anilines is 1. The van der Waals surface area contributed by atoms with Crippen LogP contribution in [0.2, 0.25) is 0 Å². The van der Waals surface area contributed by atoms with Gasteiger partial charge in [-0.1, -0.05) is 17.7 Å². The molecule has 0 fully saturated rings. The molecule has 0 aliphatic rings. The van der Waals surface area contributed by atoms with Gasteiger partial charge in [0.05, 0.1) is 31.3 Å². The summed E-state index contributed by atoms with van der Waals surface area (Å²) in [6.45, 7) is 6.40. The number of benzene rings is 1. The summed E-state index contributed by atoms with van der Waals surface area (Å²) in [7, 11) is 1.63. The minimum atomic E-state index is -0.226. The van der Waals surface area contributed by atoms with E-state index >= 15 is 0 Å². The van der Waals surface area contributed by atoms with Gasteiger partial charge < -0.3 is 10.2 Å². The van der Waals surface area contributed by atoms with Crippen molar-refractivity contribution in [2.24, 2.45) is 0 Å². The first kappa shape index (κ1) is 21.2. The summed E-state index contributed by atoms with van der Waals surface area (Å²) in [6, 6.07) is 9.64. The van der Waals surface area contributed by atoms with Crippen LogP contribution in [0, 0.1) is 32.1 Å². The Kier molecular flexibility index (Phi) is 7.33. The van der Waals surface area contributed by atoms with E-state index < -0.39 is 0 Å². The number of amides is 2. The SMILES string of the molecule is Cc1ccc(NC(=O)CN(C)C(=O)CCc2c(C)nn(CCC#N)c2C)cc1. The molecule has 0 unspecified atom stereocenters. The van der Waals surface area contributed by atoms with Crippen molar-refractivity contribution in [3.8, 4) is 6.07 Å². The third-order valence-corrected chi connectivity index (χ3v) is 4.70. The summed E-state index contributed by atoms with van der Waals surface area (Å²) in [5.74, 6) is -0.320. The molecular weight excluding hydrogens is 354 g/mol. The Bertz CT molecular complexity index is 877. The van der Waals surface area contributed by atoms with Crippen molar-refractivity contribution in [2.45, 2.75) is 46.6 Å². The van der Waals surface area contributed by atoms with Crippen molar-refractivity contribution in [1.29, 1.82) is 5.26 Å². The van der Waals surface area contributed by atoms with Crippen molar-refractivity contribution < 1.29 is 9.59 Å². The molecule has 2 rings (SSSR count). The average molecular weight is 381 g/mol. The number of hydrogen-bond donors (Lipinski definition) is 1. The smallest absolute Gasteiger partial charge is 0.243 e. The summed E-state index contributed by atoms with van der Waals surface area (Å²) >= 11 is 0. The summed E-state index contributed by atoms with van der Waals surface area (Å²) in [5.41, 5.74) is 4.73. The van der Waals surface area contributed by atoms with E-state index in [-0.39, 0.29) is 18.4 Å². The Morgan fingerprint density at radius 2 is 1.89 bits per heavy atom. The van der Waals surface area contributed by atoms with E-state index in [1.54, 1.807) is 7.05 Å². The number of nitrogens with zero attached hydrogens (tertiary/aromatic N) is 4. The van der Waals surface area contributed by atoms with Crippen LogP contribution in [-0.4, -0.2) is 40.1 Å². The normalized spacial score (nSPS) is 10.4. The number of aromatic nitrogens is 2. The fraction of sp³-hybridized carbons (Fsp3) is 0.429. The van der Waals surface area contributed by atoms with E-state index in [4.69, 9.17) is 5.26 Å². The molecule has 1 heterocycles. The second-order valence-electron chi connectivity index (χ2n) is 6.94. The Morgan fingerprint density at radius 1 is 1.21 bits per heavy atom. The molecule has 0 saturated heterocycles. The molecule has 2 aromatic rings. The number of aryl methyl sites for hydroxylation is 3. The van der Waals surface area contributed by atoms with E-state index in [2.05, 4.69) is 16.5 Å². The summed E-state index contributed by atoms with van der Waals surface area (Å²) < 4.78 is 1.82. The second kappa shape index (κ2) is 9.70. The first-order valence-corrected chi connectivity index (χ1v) is 9.32. The zero-order valence-corrected chi connectivity index (χ0v) is 17.0. The van der Waals surface area contributed by atoms with Gasteiger partial charge in [0.1, 0.15) is 0 Å². The average Bonchev–Trinajstić information content (AvgIpc) is 2.92. The molecule has 0 saturated carbocycles. The van der Waals surface area contributed by atoms with E-state index in [9.17, 15) is 9.59 Å². The van der Waals surface area contributed by atoms with Crippen LogP contribution >= 0.6 is 0 Å². The van der Waals surface area contributed by atoms with Gasteiger partial charge in [-0.25, -0.2) is 0 Å². The van der Waals surface area contributed by atoms with Crippen LogP contribution in [0.3, 0.4) is 0 Å². The molecule has 0 atom stereocenters. The maximum atomic E-state index is 12.4. The van der Waals surface area contributed by atoms with Crippen molar-refractivity contribution in [2.75, 3.05) is 18.9 Å². The molecule has 148 valence electrons. The maximum absolute atomic E-state index is 12.4. The second-order valence-corrected chi connectivity index (χ2v) is 6.94. The third-order valence-electron chi connectivity index (χ3n) is 4.70. The predicted octanol–water partition coefficient (Wildman–Crippen LogP) is 2.75. The van der Waals surface area contributed by atoms with Gasteiger partial charge in [-0.3, -0.25) is 14.3 Å². The number of nitriles is 1. The maximum Gasteiger partial charge on any atom is 0.243 e. The lowest BCUT2D eigenvalue weighted by molar-refractivity contribution is -0.133. The quantitative estimate of drug-likeness (QED) is 0.761. The largest absolute Gasteiger partial charge is 0.336 e. The highest BCUT2D eigenvalue weighted by molar-refractivity contribution is 5.94. The fourth-order valence-electron chi connectivity index (χ4n) is 3.03. The molecular formula is C21H27N5O2. The van der Waals surface area contributed by atoms with Crippen molar-refractivity contribution >= 4 is 17.5 Å². The highest BCUT2D eigenvalue weighted by Gasteiger charge is 2.16. The molecule has 28 heavy (non-hydrogen) atoms. The molecule has 1 N–H and O–H groups in total. The van der Waals surface area contributed by atoms with Crippen LogP contribution in [0.4, 0.5) is 5.69 Å². The standard InChI is InChI=1S/C21H27N5O2/c1-15-6-8-18(9-7-15)23-20(27)14-25(4)21(28)11-10-19-16(2)24-26(17(19)3)13-5-12-22/h6-9H,5,10-11,13-14H2,1-4H3,(H,23,27). The minimum absolute atomic E-state index is 0.00606. The van der Waals surface area contributed by atoms with E-state index in [0.717, 1.165) is 22.5 Å². The first-order chi connectivity index (χ1) is 13.3. The molecule has 1 aromatic heterocycles. The van der Waals surface area contributed by atoms with Gasteiger partial charge in [0.25, 0.3) is 0 Å². The number of likely N-dealkylation sites (N-methyl/N-ethyl adjacent to an activating group) is 1. The monoisotopic (exact) mass is 381 g/mol. The summed E-state index contributed by atoms with van der Waals surface area (Å²) in [4.78, 5) is 26.0. The van der Waals surface area contributed by atoms with Crippen LogP contribution in [-0.2, 0) is 22.6 Å². The Hall–Kier alpha value is -3.14. The zero-order chi connectivity index (χ0) is 20.7. The number of carbonyl (C=O) groups excluding carboxylic acids is 2.